The van der Waals surface area contributed by atoms with Crippen LogP contribution in [0.3, 0.4) is 0 Å². The zero-order valence-electron chi connectivity index (χ0n) is 31.7. The van der Waals surface area contributed by atoms with Gasteiger partial charge in [0.05, 0.1) is 0 Å². The fourth-order valence-electron chi connectivity index (χ4n) is 9.52. The molecule has 263 valence electrons. The first-order valence-electron chi connectivity index (χ1n) is 18.8. The second-order valence-corrected chi connectivity index (χ2v) is 87.1. The topological polar surface area (TPSA) is 0 Å². The van der Waals surface area contributed by atoms with Crippen molar-refractivity contribution in [1.29, 1.82) is 0 Å². The van der Waals surface area contributed by atoms with Crippen LogP contribution in [0.25, 0.3) is 56.0 Å². The number of hydrogen-bond acceptors (Lipinski definition) is 0. The summed E-state index contributed by atoms with van der Waals surface area (Å²) in [4.78, 5) is 0. The minimum absolute atomic E-state index is 0.0977. The van der Waals surface area contributed by atoms with E-state index in [-0.39, 0.29) is 7.35 Å². The fraction of sp³-hybridized carbons (Fsp3) is 0.217. The van der Waals surface area contributed by atoms with Gasteiger partial charge in [0.15, 0.2) is 0 Å². The summed E-state index contributed by atoms with van der Waals surface area (Å²) in [5, 5.41) is 8.24. The van der Waals surface area contributed by atoms with Gasteiger partial charge < -0.3 is 0 Å². The van der Waals surface area contributed by atoms with Crippen molar-refractivity contribution in [3.05, 3.63) is 154 Å². The molecule has 0 N–H and O–H groups in total. The van der Waals surface area contributed by atoms with E-state index in [1.807, 2.05) is 0 Å². The van der Waals surface area contributed by atoms with Crippen molar-refractivity contribution >= 4 is 73.0 Å². The first-order valence-corrected chi connectivity index (χ1v) is 48.0. The Morgan fingerprint density at radius 1 is 0.462 bits per heavy atom. The number of rotatable bonds is 7. The molecule has 2 aliphatic rings. The van der Waals surface area contributed by atoms with Crippen LogP contribution in [0.1, 0.15) is 29.6 Å². The predicted octanol–water partition coefficient (Wildman–Crippen LogP) is 14.6. The summed E-state index contributed by atoms with van der Waals surface area (Å²) in [5.74, 6) is -1.71. The molecule has 0 radical (unpaired) electrons. The molecule has 0 aromatic heterocycles. The van der Waals surface area contributed by atoms with Gasteiger partial charge in [-0.3, -0.25) is 0 Å². The van der Waals surface area contributed by atoms with Crippen LogP contribution in [0.15, 0.2) is 132 Å². The third-order valence-electron chi connectivity index (χ3n) is 12.2. The quantitative estimate of drug-likeness (QED) is 0.140. The summed E-state index contributed by atoms with van der Waals surface area (Å²) in [6, 6.07) is 45.1. The zero-order valence-corrected chi connectivity index (χ0v) is 39.9. The van der Waals surface area contributed by atoms with Gasteiger partial charge >= 0.3 is 324 Å². The Labute approximate surface area is 321 Å². The summed E-state index contributed by atoms with van der Waals surface area (Å²) >= 11 is -5.18. The first-order chi connectivity index (χ1) is 24.6. The molecule has 6 aromatic carbocycles. The molecule has 0 nitrogen and oxygen atoms in total. The second-order valence-electron chi connectivity index (χ2n) is 17.6. The third kappa shape index (κ3) is 5.57. The van der Waals surface area contributed by atoms with Crippen LogP contribution in [0, 0.1) is 0 Å². The van der Waals surface area contributed by atoms with Gasteiger partial charge in [-0.2, -0.15) is 0 Å². The standard InChI is InChI=1S/2C22H21Si.C2H7Si.2ClH.Hf/c2*1-23(2,3)18-14-17-10-7-13-21(22(17)15-18)20-12-6-9-16-8-4-5-11-19(16)20;1-3-2;;;/h2*4-15H,1-3H3;3H,1-2H3;2*1H;/q;;;;;+2/p-2. The molecule has 0 aliphatic heterocycles. The van der Waals surface area contributed by atoms with Crippen molar-refractivity contribution in [2.75, 3.05) is 0 Å². The average molecular weight is 936 g/mol. The maximum atomic E-state index is 9.00. The fourth-order valence-corrected chi connectivity index (χ4v) is 74.3. The van der Waals surface area contributed by atoms with Crippen LogP contribution in [0.4, 0.5) is 0 Å². The van der Waals surface area contributed by atoms with E-state index in [9.17, 15) is 0 Å². The number of hydrogen-bond donors (Lipinski definition) is 0. The Morgan fingerprint density at radius 2 is 0.808 bits per heavy atom. The molecular weight excluding hydrogens is 886 g/mol. The van der Waals surface area contributed by atoms with E-state index in [1.54, 1.807) is 10.4 Å². The zero-order chi connectivity index (χ0) is 36.8. The summed E-state index contributed by atoms with van der Waals surface area (Å²) < 4.78 is 0.195. The van der Waals surface area contributed by atoms with Crippen molar-refractivity contribution in [2.45, 2.75) is 59.7 Å². The van der Waals surface area contributed by atoms with Crippen molar-refractivity contribution in [3.63, 3.8) is 0 Å². The number of fused-ring (bicyclic) bond motifs is 4. The SMILES string of the molecule is C[SiH](C)[Hf]([Cl])([Cl])([CH]1C([Si](C)(C)C)=Cc2c(-c3cccc4ccccc34)cccc21)[CH]1C([Si](C)(C)C)=Cc2c(-c3cccc4ccccc34)cccc21. The molecule has 2 atom stereocenters. The summed E-state index contributed by atoms with van der Waals surface area (Å²) in [6.45, 7) is 20.1. The minimum atomic E-state index is -5.18. The Balaban J connectivity index is 1.41. The maximum absolute atomic E-state index is 9.00. The van der Waals surface area contributed by atoms with E-state index < -0.39 is 37.4 Å². The van der Waals surface area contributed by atoms with E-state index >= 15 is 0 Å². The van der Waals surface area contributed by atoms with E-state index in [2.05, 4.69) is 186 Å². The summed E-state index contributed by atoms with van der Waals surface area (Å²) in [5.41, 5.74) is 10.7. The molecular formula is C46H49Cl2HfSi3. The van der Waals surface area contributed by atoms with Gasteiger partial charge in [0.2, 0.25) is 0 Å². The third-order valence-corrected chi connectivity index (χ3v) is 91.0. The molecule has 52 heavy (non-hydrogen) atoms. The monoisotopic (exact) mass is 935 g/mol. The van der Waals surface area contributed by atoms with Crippen LogP contribution in [-0.4, -0.2) is 22.1 Å². The molecule has 0 saturated heterocycles. The predicted molar refractivity (Wildman–Crippen MR) is 237 cm³/mol. The molecule has 0 fully saturated rings. The van der Waals surface area contributed by atoms with Crippen LogP contribution in [-0.2, 0) is 15.3 Å². The molecule has 2 unspecified atom stereocenters. The van der Waals surface area contributed by atoms with Crippen molar-refractivity contribution in [1.82, 2.24) is 0 Å². The van der Waals surface area contributed by atoms with Crippen molar-refractivity contribution < 1.29 is 15.3 Å². The Kier molecular flexibility index (Phi) is 8.92. The van der Waals surface area contributed by atoms with Gasteiger partial charge in [-0.25, -0.2) is 0 Å². The van der Waals surface area contributed by atoms with Gasteiger partial charge in [0.25, 0.3) is 0 Å². The summed E-state index contributed by atoms with van der Waals surface area (Å²) in [6.07, 6.45) is 5.17. The average Bonchev–Trinajstić information content (AvgIpc) is 3.73. The number of allylic oxidation sites excluding steroid dienone is 2. The van der Waals surface area contributed by atoms with E-state index in [4.69, 9.17) is 17.2 Å². The molecule has 6 aromatic rings. The van der Waals surface area contributed by atoms with E-state index in [0.717, 1.165) is 0 Å². The van der Waals surface area contributed by atoms with E-state index in [1.165, 1.54) is 66.1 Å². The van der Waals surface area contributed by atoms with Gasteiger partial charge in [0, 0.05) is 0 Å². The van der Waals surface area contributed by atoms with Crippen molar-refractivity contribution in [3.8, 4) is 22.3 Å². The first kappa shape index (κ1) is 36.4. The second kappa shape index (κ2) is 12.7. The van der Waals surface area contributed by atoms with Crippen molar-refractivity contribution in [2.24, 2.45) is 0 Å². The number of halogens is 2. The summed E-state index contributed by atoms with van der Waals surface area (Å²) in [7, 11) is 14.2. The molecule has 0 saturated carbocycles. The molecule has 8 rings (SSSR count). The van der Waals surface area contributed by atoms with Crippen LogP contribution in [0.5, 0.6) is 0 Å². The van der Waals surface area contributed by atoms with E-state index in [0.29, 0.717) is 0 Å². The molecule has 0 heterocycles. The Bertz CT molecular complexity index is 2300. The van der Waals surface area contributed by atoms with Gasteiger partial charge in [-0.1, -0.05) is 0 Å². The molecule has 0 amide bonds. The van der Waals surface area contributed by atoms with Crippen LogP contribution in [0.2, 0.25) is 52.4 Å². The van der Waals surface area contributed by atoms with Crippen LogP contribution < -0.4 is 0 Å². The van der Waals surface area contributed by atoms with Gasteiger partial charge in [0.1, 0.15) is 0 Å². The van der Waals surface area contributed by atoms with Gasteiger partial charge in [-0.15, -0.1) is 0 Å². The van der Waals surface area contributed by atoms with Gasteiger partial charge in [-0.05, 0) is 0 Å². The Morgan fingerprint density at radius 3 is 1.19 bits per heavy atom. The molecule has 0 bridgehead atoms. The Hall–Kier alpha value is -2.58. The van der Waals surface area contributed by atoms with Crippen LogP contribution >= 0.6 is 17.2 Å². The molecule has 2 aliphatic carbocycles. The normalized spacial score (nSPS) is 18.2. The molecule has 0 spiro atoms. The number of benzene rings is 6. The molecule has 6 heteroatoms.